The summed E-state index contributed by atoms with van der Waals surface area (Å²) in [5.41, 5.74) is 0. The summed E-state index contributed by atoms with van der Waals surface area (Å²) >= 11 is 6.09. The van der Waals surface area contributed by atoms with E-state index in [1.54, 1.807) is 0 Å². The van der Waals surface area contributed by atoms with E-state index in [-0.39, 0.29) is 17.9 Å². The molecular weight excluding hydrogens is 310 g/mol. The third-order valence-electron chi connectivity index (χ3n) is 3.77. The summed E-state index contributed by atoms with van der Waals surface area (Å²) in [6.45, 7) is 3.67. The molecule has 0 spiro atoms. The Morgan fingerprint density at radius 2 is 1.95 bits per heavy atom. The summed E-state index contributed by atoms with van der Waals surface area (Å²) in [7, 11) is -2.93. The number of nitrogens with zero attached hydrogens (tertiary/aromatic N) is 1. The molecule has 1 aromatic carbocycles. The lowest BCUT2D eigenvalue weighted by molar-refractivity contribution is 0.0851. The maximum Gasteiger partial charge on any atom is 0.148 e. The van der Waals surface area contributed by atoms with Crippen molar-refractivity contribution in [2.24, 2.45) is 0 Å². The van der Waals surface area contributed by atoms with Gasteiger partial charge in [0.25, 0.3) is 0 Å². The van der Waals surface area contributed by atoms with Gasteiger partial charge in [0.15, 0.2) is 0 Å². The fourth-order valence-corrected chi connectivity index (χ4v) is 3.97. The van der Waals surface area contributed by atoms with Gasteiger partial charge in [-0.05, 0) is 31.9 Å². The molecule has 1 fully saturated rings. The minimum Gasteiger partial charge on any atom is -0.489 e. The quantitative estimate of drug-likeness (QED) is 0.832. The highest BCUT2D eigenvalue weighted by Crippen LogP contribution is 2.27. The summed E-state index contributed by atoms with van der Waals surface area (Å²) < 4.78 is 28.7. The Morgan fingerprint density at radius 3 is 2.52 bits per heavy atom. The molecule has 0 aliphatic carbocycles. The lowest BCUT2D eigenvalue weighted by Gasteiger charge is -2.35. The average Bonchev–Trinajstić information content (AvgIpc) is 2.40. The average molecular weight is 332 g/mol. The van der Waals surface area contributed by atoms with Crippen LogP contribution in [-0.4, -0.2) is 50.6 Å². The van der Waals surface area contributed by atoms with Crippen molar-refractivity contribution in [1.29, 1.82) is 0 Å². The van der Waals surface area contributed by atoms with E-state index in [1.807, 2.05) is 31.2 Å². The van der Waals surface area contributed by atoms with E-state index in [4.69, 9.17) is 16.3 Å². The van der Waals surface area contributed by atoms with Crippen molar-refractivity contribution in [1.82, 2.24) is 4.90 Å². The monoisotopic (exact) mass is 331 g/mol. The molecule has 0 radical (unpaired) electrons. The zero-order valence-corrected chi connectivity index (χ0v) is 14.0. The number of para-hydroxylation sites is 1. The van der Waals surface area contributed by atoms with Crippen LogP contribution < -0.4 is 4.74 Å². The van der Waals surface area contributed by atoms with Gasteiger partial charge in [-0.3, -0.25) is 4.90 Å². The van der Waals surface area contributed by atoms with E-state index in [9.17, 15) is 8.42 Å². The molecule has 4 nitrogen and oxygen atoms in total. The van der Waals surface area contributed by atoms with Gasteiger partial charge in [-0.1, -0.05) is 23.7 Å². The SMILES string of the molecule is CC(CS(C)(=O)=O)N1CCC(Oc2ccccc2Cl)CC1. The molecule has 1 saturated heterocycles. The zero-order chi connectivity index (χ0) is 15.5. The van der Waals surface area contributed by atoms with Crippen molar-refractivity contribution in [3.05, 3.63) is 29.3 Å². The number of ether oxygens (including phenoxy) is 1. The molecule has 118 valence electrons. The molecule has 1 aliphatic heterocycles. The van der Waals surface area contributed by atoms with E-state index in [1.165, 1.54) is 6.26 Å². The van der Waals surface area contributed by atoms with Crippen LogP contribution in [0.1, 0.15) is 19.8 Å². The Kier molecular flexibility index (Phi) is 5.52. The molecule has 0 aromatic heterocycles. The smallest absolute Gasteiger partial charge is 0.148 e. The van der Waals surface area contributed by atoms with Crippen molar-refractivity contribution in [3.63, 3.8) is 0 Å². The summed E-state index contributed by atoms with van der Waals surface area (Å²) in [5.74, 6) is 0.935. The molecule has 6 heteroatoms. The Bertz CT molecular complexity index is 568. The summed E-state index contributed by atoms with van der Waals surface area (Å²) in [5, 5.41) is 0.630. The molecule has 1 aromatic rings. The molecule has 1 heterocycles. The third-order valence-corrected chi connectivity index (χ3v) is 5.17. The maximum atomic E-state index is 11.4. The van der Waals surface area contributed by atoms with Gasteiger partial charge in [-0.2, -0.15) is 0 Å². The minimum atomic E-state index is -2.93. The second-order valence-electron chi connectivity index (χ2n) is 5.73. The van der Waals surface area contributed by atoms with Crippen molar-refractivity contribution < 1.29 is 13.2 Å². The lowest BCUT2D eigenvalue weighted by Crippen LogP contribution is -2.45. The first-order valence-corrected chi connectivity index (χ1v) is 9.62. The first kappa shape index (κ1) is 16.6. The van der Waals surface area contributed by atoms with Crippen LogP contribution in [-0.2, 0) is 9.84 Å². The predicted octanol–water partition coefficient (Wildman–Crippen LogP) is 2.62. The Morgan fingerprint density at radius 1 is 1.33 bits per heavy atom. The largest absolute Gasteiger partial charge is 0.489 e. The van der Waals surface area contributed by atoms with Crippen LogP contribution in [0.3, 0.4) is 0 Å². The second kappa shape index (κ2) is 6.99. The van der Waals surface area contributed by atoms with Crippen LogP contribution in [0.2, 0.25) is 5.02 Å². The standard InChI is InChI=1S/C15H22ClNO3S/c1-12(11-21(2,18)19)17-9-7-13(8-10-17)20-15-6-4-3-5-14(15)16/h3-6,12-13H,7-11H2,1-2H3. The molecule has 21 heavy (non-hydrogen) atoms. The molecule has 1 aliphatic rings. The Labute approximate surface area is 132 Å². The van der Waals surface area contributed by atoms with Gasteiger partial charge in [0.2, 0.25) is 0 Å². The fraction of sp³-hybridized carbons (Fsp3) is 0.600. The third kappa shape index (κ3) is 5.16. The number of halogens is 1. The first-order valence-electron chi connectivity index (χ1n) is 7.18. The van der Waals surface area contributed by atoms with Gasteiger partial charge in [0, 0.05) is 25.4 Å². The maximum absolute atomic E-state index is 11.4. The molecule has 0 N–H and O–H groups in total. The van der Waals surface area contributed by atoms with E-state index in [0.717, 1.165) is 31.7 Å². The van der Waals surface area contributed by atoms with Crippen molar-refractivity contribution >= 4 is 21.4 Å². The number of benzene rings is 1. The van der Waals surface area contributed by atoms with Crippen LogP contribution in [0.4, 0.5) is 0 Å². The summed E-state index contributed by atoms with van der Waals surface area (Å²) in [6, 6.07) is 7.54. The van der Waals surface area contributed by atoms with Gasteiger partial charge in [-0.25, -0.2) is 8.42 Å². The van der Waals surface area contributed by atoms with Gasteiger partial charge in [-0.15, -0.1) is 0 Å². The molecular formula is C15H22ClNO3S. The number of hydrogen-bond donors (Lipinski definition) is 0. The minimum absolute atomic E-state index is 0.0567. The molecule has 2 rings (SSSR count). The number of likely N-dealkylation sites (tertiary alicyclic amines) is 1. The van der Waals surface area contributed by atoms with Crippen LogP contribution in [0.5, 0.6) is 5.75 Å². The van der Waals surface area contributed by atoms with Crippen molar-refractivity contribution in [3.8, 4) is 5.75 Å². The second-order valence-corrected chi connectivity index (χ2v) is 8.32. The lowest BCUT2D eigenvalue weighted by atomic mass is 10.1. The van der Waals surface area contributed by atoms with Gasteiger partial charge >= 0.3 is 0 Å². The molecule has 0 saturated carbocycles. The van der Waals surface area contributed by atoms with Crippen molar-refractivity contribution in [2.75, 3.05) is 25.1 Å². The van der Waals surface area contributed by atoms with E-state index >= 15 is 0 Å². The van der Waals surface area contributed by atoms with Crippen molar-refractivity contribution in [2.45, 2.75) is 31.9 Å². The van der Waals surface area contributed by atoms with Gasteiger partial charge in [0.1, 0.15) is 21.7 Å². The van der Waals surface area contributed by atoms with Crippen LogP contribution in [0, 0.1) is 0 Å². The van der Waals surface area contributed by atoms with Gasteiger partial charge in [0.05, 0.1) is 10.8 Å². The van der Waals surface area contributed by atoms with Crippen LogP contribution in [0.15, 0.2) is 24.3 Å². The van der Waals surface area contributed by atoms with Gasteiger partial charge < -0.3 is 4.74 Å². The van der Waals surface area contributed by atoms with E-state index in [2.05, 4.69) is 4.90 Å². The number of sulfone groups is 1. The molecule has 1 unspecified atom stereocenters. The fourth-order valence-electron chi connectivity index (χ4n) is 2.70. The topological polar surface area (TPSA) is 46.6 Å². The molecule has 0 bridgehead atoms. The molecule has 1 atom stereocenters. The van der Waals surface area contributed by atoms with E-state index in [0.29, 0.717) is 5.02 Å². The summed E-state index contributed by atoms with van der Waals surface area (Å²) in [4.78, 5) is 2.22. The summed E-state index contributed by atoms with van der Waals surface area (Å²) in [6.07, 6.45) is 3.21. The normalized spacial score (nSPS) is 19.4. The highest BCUT2D eigenvalue weighted by molar-refractivity contribution is 7.90. The number of hydrogen-bond acceptors (Lipinski definition) is 4. The number of rotatable bonds is 5. The van der Waals surface area contributed by atoms with Crippen LogP contribution in [0.25, 0.3) is 0 Å². The molecule has 0 amide bonds. The highest BCUT2D eigenvalue weighted by atomic mass is 35.5. The Balaban J connectivity index is 1.85. The zero-order valence-electron chi connectivity index (χ0n) is 12.5. The Hall–Kier alpha value is -0.780. The first-order chi connectivity index (χ1) is 9.85. The van der Waals surface area contributed by atoms with E-state index < -0.39 is 9.84 Å². The number of piperidine rings is 1. The van der Waals surface area contributed by atoms with Crippen LogP contribution >= 0.6 is 11.6 Å². The highest BCUT2D eigenvalue weighted by Gasteiger charge is 2.25. The predicted molar refractivity (Wildman–Crippen MR) is 85.8 cm³/mol.